The summed E-state index contributed by atoms with van der Waals surface area (Å²) in [7, 11) is 1.62. The highest BCUT2D eigenvalue weighted by atomic mass is 16.5. The average molecular weight is 226 g/mol. The highest BCUT2D eigenvalue weighted by molar-refractivity contribution is 5.40. The number of nitrogens with zero attached hydrogens (tertiary/aromatic N) is 1. The fourth-order valence-corrected chi connectivity index (χ4v) is 1.36. The minimum atomic E-state index is 0.162. The number of rotatable bonds is 6. The standard InChI is InChI=1S/C11H18N2O3/c1-8-11(14)10(5-12)9(6-13-8)7-16-4-3-15-2/h6,14H,3-5,7,12H2,1-2H3. The fraction of sp³-hybridized carbons (Fsp3) is 0.545. The van der Waals surface area contributed by atoms with Gasteiger partial charge in [-0.05, 0) is 6.92 Å². The predicted molar refractivity (Wildman–Crippen MR) is 60.1 cm³/mol. The molecule has 5 nitrogen and oxygen atoms in total. The van der Waals surface area contributed by atoms with Crippen LogP contribution in [-0.2, 0) is 22.6 Å². The lowest BCUT2D eigenvalue weighted by Crippen LogP contribution is -2.08. The lowest BCUT2D eigenvalue weighted by atomic mass is 10.1. The van der Waals surface area contributed by atoms with E-state index in [0.29, 0.717) is 31.1 Å². The van der Waals surface area contributed by atoms with Gasteiger partial charge < -0.3 is 20.3 Å². The Kier molecular flexibility index (Phi) is 5.18. The number of ether oxygens (including phenoxy) is 2. The SMILES string of the molecule is COCCOCc1cnc(C)c(O)c1CN. The number of pyridine rings is 1. The van der Waals surface area contributed by atoms with Crippen molar-refractivity contribution in [1.82, 2.24) is 4.98 Å². The summed E-state index contributed by atoms with van der Waals surface area (Å²) in [6, 6.07) is 0. The summed E-state index contributed by atoms with van der Waals surface area (Å²) in [5.74, 6) is 0.162. The van der Waals surface area contributed by atoms with E-state index in [1.54, 1.807) is 20.2 Å². The Morgan fingerprint density at radius 3 is 2.81 bits per heavy atom. The summed E-state index contributed by atoms with van der Waals surface area (Å²) >= 11 is 0. The van der Waals surface area contributed by atoms with Crippen molar-refractivity contribution in [2.45, 2.75) is 20.1 Å². The van der Waals surface area contributed by atoms with Crippen LogP contribution in [0.25, 0.3) is 0 Å². The molecule has 0 aliphatic heterocycles. The molecule has 0 fully saturated rings. The van der Waals surface area contributed by atoms with E-state index in [1.807, 2.05) is 0 Å². The van der Waals surface area contributed by atoms with Gasteiger partial charge in [-0.15, -0.1) is 0 Å². The molecule has 5 heteroatoms. The summed E-state index contributed by atoms with van der Waals surface area (Å²) in [5, 5.41) is 9.76. The number of aromatic hydroxyl groups is 1. The van der Waals surface area contributed by atoms with E-state index in [0.717, 1.165) is 5.56 Å². The Balaban J connectivity index is 2.68. The van der Waals surface area contributed by atoms with Crippen LogP contribution in [0.2, 0.25) is 0 Å². The van der Waals surface area contributed by atoms with Crippen LogP contribution >= 0.6 is 0 Å². The molecule has 0 saturated heterocycles. The molecule has 0 aliphatic rings. The van der Waals surface area contributed by atoms with Crippen molar-refractivity contribution in [2.75, 3.05) is 20.3 Å². The number of hydrogen-bond donors (Lipinski definition) is 2. The molecule has 1 aromatic rings. The summed E-state index contributed by atoms with van der Waals surface area (Å²) in [6.07, 6.45) is 1.68. The summed E-state index contributed by atoms with van der Waals surface area (Å²) in [6.45, 7) is 3.46. The third kappa shape index (κ3) is 3.16. The highest BCUT2D eigenvalue weighted by Crippen LogP contribution is 2.23. The normalized spacial score (nSPS) is 10.7. The summed E-state index contributed by atoms with van der Waals surface area (Å²) in [5.41, 5.74) is 7.69. The fourth-order valence-electron chi connectivity index (χ4n) is 1.36. The summed E-state index contributed by atoms with van der Waals surface area (Å²) < 4.78 is 10.2. The van der Waals surface area contributed by atoms with Crippen LogP contribution in [-0.4, -0.2) is 30.4 Å². The largest absolute Gasteiger partial charge is 0.506 e. The van der Waals surface area contributed by atoms with Crippen LogP contribution in [0.3, 0.4) is 0 Å². The van der Waals surface area contributed by atoms with Gasteiger partial charge in [0.05, 0.1) is 25.5 Å². The molecule has 0 spiro atoms. The molecule has 0 aromatic carbocycles. The van der Waals surface area contributed by atoms with Crippen molar-refractivity contribution in [1.29, 1.82) is 0 Å². The Morgan fingerprint density at radius 2 is 2.19 bits per heavy atom. The first-order valence-corrected chi connectivity index (χ1v) is 5.13. The van der Waals surface area contributed by atoms with Crippen molar-refractivity contribution in [3.8, 4) is 5.75 Å². The van der Waals surface area contributed by atoms with Crippen LogP contribution in [0.5, 0.6) is 5.75 Å². The van der Waals surface area contributed by atoms with E-state index in [4.69, 9.17) is 15.2 Å². The third-order valence-electron chi connectivity index (χ3n) is 2.32. The third-order valence-corrected chi connectivity index (χ3v) is 2.32. The predicted octanol–water partition coefficient (Wildman–Crippen LogP) is 0.717. The second-order valence-corrected chi connectivity index (χ2v) is 3.45. The van der Waals surface area contributed by atoms with Gasteiger partial charge >= 0.3 is 0 Å². The van der Waals surface area contributed by atoms with Crippen molar-refractivity contribution in [2.24, 2.45) is 5.73 Å². The molecule has 0 saturated carbocycles. The first kappa shape index (κ1) is 12.9. The van der Waals surface area contributed by atoms with Gasteiger partial charge in [-0.2, -0.15) is 0 Å². The van der Waals surface area contributed by atoms with Crippen molar-refractivity contribution < 1.29 is 14.6 Å². The minimum absolute atomic E-state index is 0.162. The van der Waals surface area contributed by atoms with Crippen molar-refractivity contribution in [3.63, 3.8) is 0 Å². The molecule has 0 bridgehead atoms. The van der Waals surface area contributed by atoms with Gasteiger partial charge in [-0.1, -0.05) is 0 Å². The first-order chi connectivity index (χ1) is 7.70. The molecule has 0 radical (unpaired) electrons. The molecule has 3 N–H and O–H groups in total. The Bertz CT molecular complexity index is 342. The van der Waals surface area contributed by atoms with E-state index >= 15 is 0 Å². The van der Waals surface area contributed by atoms with Crippen LogP contribution in [0, 0.1) is 6.92 Å². The number of methoxy groups -OCH3 is 1. The lowest BCUT2D eigenvalue weighted by Gasteiger charge is -2.11. The number of aromatic nitrogens is 1. The molecule has 90 valence electrons. The van der Waals surface area contributed by atoms with Gasteiger partial charge in [0, 0.05) is 31.0 Å². The number of aryl methyl sites for hydroxylation is 1. The molecule has 1 heterocycles. The smallest absolute Gasteiger partial charge is 0.141 e. The molecular formula is C11H18N2O3. The van der Waals surface area contributed by atoms with E-state index in [2.05, 4.69) is 4.98 Å². The number of hydrogen-bond acceptors (Lipinski definition) is 5. The van der Waals surface area contributed by atoms with Gasteiger partial charge in [0.2, 0.25) is 0 Å². The Morgan fingerprint density at radius 1 is 1.44 bits per heavy atom. The van der Waals surface area contributed by atoms with Gasteiger partial charge in [-0.3, -0.25) is 4.98 Å². The topological polar surface area (TPSA) is 77.6 Å². The highest BCUT2D eigenvalue weighted by Gasteiger charge is 2.10. The van der Waals surface area contributed by atoms with Crippen LogP contribution in [0.1, 0.15) is 16.8 Å². The van der Waals surface area contributed by atoms with E-state index in [1.165, 1.54) is 0 Å². The maximum atomic E-state index is 9.76. The van der Waals surface area contributed by atoms with E-state index < -0.39 is 0 Å². The molecule has 0 aliphatic carbocycles. The maximum absolute atomic E-state index is 9.76. The van der Waals surface area contributed by atoms with E-state index in [9.17, 15) is 5.11 Å². The maximum Gasteiger partial charge on any atom is 0.141 e. The van der Waals surface area contributed by atoms with Gasteiger partial charge in [0.1, 0.15) is 5.75 Å². The van der Waals surface area contributed by atoms with Crippen molar-refractivity contribution >= 4 is 0 Å². The molecular weight excluding hydrogens is 208 g/mol. The zero-order valence-corrected chi connectivity index (χ0v) is 9.69. The molecule has 16 heavy (non-hydrogen) atoms. The molecule has 1 rings (SSSR count). The van der Waals surface area contributed by atoms with Gasteiger partial charge in [-0.25, -0.2) is 0 Å². The van der Waals surface area contributed by atoms with E-state index in [-0.39, 0.29) is 12.3 Å². The second kappa shape index (κ2) is 6.42. The molecule has 0 atom stereocenters. The minimum Gasteiger partial charge on any atom is -0.506 e. The number of nitrogens with two attached hydrogens (primary N) is 1. The first-order valence-electron chi connectivity index (χ1n) is 5.13. The second-order valence-electron chi connectivity index (χ2n) is 3.45. The molecule has 1 aromatic heterocycles. The van der Waals surface area contributed by atoms with Gasteiger partial charge in [0.15, 0.2) is 0 Å². The Hall–Kier alpha value is -1.17. The average Bonchev–Trinajstić information content (AvgIpc) is 2.29. The lowest BCUT2D eigenvalue weighted by molar-refractivity contribution is 0.0611. The van der Waals surface area contributed by atoms with Gasteiger partial charge in [0.25, 0.3) is 0 Å². The van der Waals surface area contributed by atoms with Crippen LogP contribution < -0.4 is 5.73 Å². The van der Waals surface area contributed by atoms with Crippen LogP contribution in [0.15, 0.2) is 6.20 Å². The monoisotopic (exact) mass is 226 g/mol. The Labute approximate surface area is 95.2 Å². The van der Waals surface area contributed by atoms with Crippen LogP contribution in [0.4, 0.5) is 0 Å². The zero-order chi connectivity index (χ0) is 12.0. The van der Waals surface area contributed by atoms with Crippen molar-refractivity contribution in [3.05, 3.63) is 23.0 Å². The quantitative estimate of drug-likeness (QED) is 0.699. The summed E-state index contributed by atoms with van der Waals surface area (Å²) in [4.78, 5) is 4.07. The zero-order valence-electron chi connectivity index (χ0n) is 9.69. The molecule has 0 unspecified atom stereocenters. The molecule has 0 amide bonds.